The molecule has 3 N–H and O–H groups in total. The Labute approximate surface area is 62.4 Å². The van der Waals surface area contributed by atoms with Crippen LogP contribution >= 0.6 is 0 Å². The first-order valence-corrected chi connectivity index (χ1v) is 3.15. The molecule has 0 bridgehead atoms. The van der Waals surface area contributed by atoms with Gasteiger partial charge in [-0.15, -0.1) is 0 Å². The van der Waals surface area contributed by atoms with Crippen molar-refractivity contribution >= 4 is 18.2 Å². The van der Waals surface area contributed by atoms with Gasteiger partial charge in [0.1, 0.15) is 0 Å². The van der Waals surface area contributed by atoms with Gasteiger partial charge < -0.3 is 15.1 Å². The maximum atomic E-state index is 8.81. The average Bonchev–Trinajstić information content (AvgIpc) is 2.41. The summed E-state index contributed by atoms with van der Waals surface area (Å²) in [7, 11) is -1.47. The van der Waals surface area contributed by atoms with Crippen molar-refractivity contribution in [1.29, 1.82) is 0 Å². The summed E-state index contributed by atoms with van der Waals surface area (Å²) in [6.07, 6.45) is 4.78. The van der Waals surface area contributed by atoms with Crippen molar-refractivity contribution in [2.75, 3.05) is 0 Å². The molecule has 0 fully saturated rings. The van der Waals surface area contributed by atoms with E-state index < -0.39 is 7.12 Å². The summed E-state index contributed by atoms with van der Waals surface area (Å²) >= 11 is 0. The van der Waals surface area contributed by atoms with Crippen molar-refractivity contribution in [1.82, 2.24) is 14.6 Å². The van der Waals surface area contributed by atoms with Crippen molar-refractivity contribution < 1.29 is 10.0 Å². The number of nitrogens with one attached hydrogen (secondary N) is 1. The van der Waals surface area contributed by atoms with Crippen LogP contribution < -0.4 is 5.46 Å². The number of rotatable bonds is 1. The molecule has 0 aliphatic heterocycles. The van der Waals surface area contributed by atoms with Crippen molar-refractivity contribution in [3.8, 4) is 0 Å². The Morgan fingerprint density at radius 3 is 3.09 bits per heavy atom. The summed E-state index contributed by atoms with van der Waals surface area (Å²) in [5.41, 5.74) is 0.926. The zero-order valence-electron chi connectivity index (χ0n) is 5.60. The smallest absolute Gasteiger partial charge is 0.423 e. The van der Waals surface area contributed by atoms with E-state index in [-0.39, 0.29) is 0 Å². The number of hydrogen-bond donors (Lipinski definition) is 3. The zero-order chi connectivity index (χ0) is 7.84. The van der Waals surface area contributed by atoms with Gasteiger partial charge in [-0.1, -0.05) is 0 Å². The van der Waals surface area contributed by atoms with Crippen LogP contribution in [0, 0.1) is 0 Å². The molecule has 6 heteroatoms. The number of aromatic amines is 1. The second-order valence-electron chi connectivity index (χ2n) is 2.22. The number of nitrogens with zero attached hydrogens (tertiary/aromatic N) is 2. The van der Waals surface area contributed by atoms with E-state index in [0.717, 1.165) is 0 Å². The predicted octanol–water partition coefficient (Wildman–Crippen LogP) is -1.66. The molecular weight excluding hydrogens is 145 g/mol. The first-order chi connectivity index (χ1) is 5.29. The van der Waals surface area contributed by atoms with Crippen molar-refractivity contribution in [3.05, 3.63) is 18.6 Å². The highest BCUT2D eigenvalue weighted by Crippen LogP contribution is 1.94. The molecule has 0 aromatic carbocycles. The minimum Gasteiger partial charge on any atom is -0.423 e. The van der Waals surface area contributed by atoms with Crippen LogP contribution in [-0.4, -0.2) is 31.8 Å². The largest absolute Gasteiger partial charge is 0.493 e. The molecule has 2 aromatic heterocycles. The van der Waals surface area contributed by atoms with Crippen LogP contribution in [0.25, 0.3) is 5.65 Å². The van der Waals surface area contributed by atoms with Gasteiger partial charge >= 0.3 is 7.12 Å². The van der Waals surface area contributed by atoms with Gasteiger partial charge in [-0.2, -0.15) is 0 Å². The third-order valence-electron chi connectivity index (χ3n) is 1.54. The fourth-order valence-corrected chi connectivity index (χ4v) is 1.01. The fraction of sp³-hybridized carbons (Fsp3) is 0. The Morgan fingerprint density at radius 2 is 2.36 bits per heavy atom. The van der Waals surface area contributed by atoms with E-state index in [0.29, 0.717) is 11.1 Å². The van der Waals surface area contributed by atoms with Crippen molar-refractivity contribution in [2.24, 2.45) is 0 Å². The number of aromatic nitrogens is 3. The summed E-state index contributed by atoms with van der Waals surface area (Å²) in [5, 5.41) is 20.4. The number of H-pyrrole nitrogens is 1. The lowest BCUT2D eigenvalue weighted by atomic mass is 9.83. The van der Waals surface area contributed by atoms with Crippen LogP contribution in [0.4, 0.5) is 0 Å². The number of imidazole rings is 1. The molecule has 0 radical (unpaired) electrons. The van der Waals surface area contributed by atoms with Crippen LogP contribution in [0.15, 0.2) is 18.6 Å². The minimum atomic E-state index is -1.47. The highest BCUT2D eigenvalue weighted by molar-refractivity contribution is 6.60. The second-order valence-corrected chi connectivity index (χ2v) is 2.22. The molecule has 0 saturated carbocycles. The Morgan fingerprint density at radius 1 is 1.55 bits per heavy atom. The molecule has 0 atom stereocenters. The molecule has 11 heavy (non-hydrogen) atoms. The number of fused-ring (bicyclic) bond motifs is 1. The quantitative estimate of drug-likeness (QED) is 0.427. The fourth-order valence-electron chi connectivity index (χ4n) is 1.01. The third kappa shape index (κ3) is 0.839. The van der Waals surface area contributed by atoms with E-state index in [1.807, 2.05) is 0 Å². The first kappa shape index (κ1) is 6.45. The van der Waals surface area contributed by atoms with Gasteiger partial charge in [-0.3, -0.25) is 0 Å². The van der Waals surface area contributed by atoms with Crippen LogP contribution in [0.3, 0.4) is 0 Å². The molecule has 0 unspecified atom stereocenters. The van der Waals surface area contributed by atoms with E-state index in [2.05, 4.69) is 10.1 Å². The topological polar surface area (TPSA) is 73.5 Å². The normalized spacial score (nSPS) is 10.7. The lowest BCUT2D eigenvalue weighted by Crippen LogP contribution is -2.29. The molecule has 2 aromatic rings. The zero-order valence-corrected chi connectivity index (χ0v) is 5.60. The molecule has 5 nitrogen and oxygen atoms in total. The van der Waals surface area contributed by atoms with Crippen LogP contribution in [0.5, 0.6) is 0 Å². The van der Waals surface area contributed by atoms with Crippen LogP contribution in [0.1, 0.15) is 0 Å². The molecule has 2 heterocycles. The SMILES string of the molecule is OB(O)c1c[nH]n2ccnc12. The summed E-state index contributed by atoms with van der Waals surface area (Å²) in [6.45, 7) is 0. The Hall–Kier alpha value is -1.27. The lowest BCUT2D eigenvalue weighted by Gasteiger charge is -1.89. The monoisotopic (exact) mass is 151 g/mol. The lowest BCUT2D eigenvalue weighted by molar-refractivity contribution is 0.426. The Bertz CT molecular complexity index is 366. The maximum absolute atomic E-state index is 8.81. The van der Waals surface area contributed by atoms with Crippen molar-refractivity contribution in [2.45, 2.75) is 0 Å². The first-order valence-electron chi connectivity index (χ1n) is 3.15. The van der Waals surface area contributed by atoms with Gasteiger partial charge in [-0.05, 0) is 0 Å². The third-order valence-corrected chi connectivity index (χ3v) is 1.54. The van der Waals surface area contributed by atoms with Gasteiger partial charge in [0.25, 0.3) is 0 Å². The van der Waals surface area contributed by atoms with E-state index in [1.54, 1.807) is 16.9 Å². The van der Waals surface area contributed by atoms with E-state index in [4.69, 9.17) is 10.0 Å². The van der Waals surface area contributed by atoms with Crippen LogP contribution in [-0.2, 0) is 0 Å². The molecule has 56 valence electrons. The summed E-state index contributed by atoms with van der Waals surface area (Å²) in [4.78, 5) is 3.91. The van der Waals surface area contributed by atoms with E-state index in [9.17, 15) is 0 Å². The van der Waals surface area contributed by atoms with Gasteiger partial charge in [0, 0.05) is 24.1 Å². The summed E-state index contributed by atoms with van der Waals surface area (Å²) in [6, 6.07) is 0. The van der Waals surface area contributed by atoms with Crippen molar-refractivity contribution in [3.63, 3.8) is 0 Å². The standard InChI is InChI=1S/C5H6BN3O2/c10-6(11)4-3-8-9-2-1-7-5(4)9/h1-3,8,10-11H. The molecule has 0 aliphatic carbocycles. The number of hydrogen-bond acceptors (Lipinski definition) is 3. The highest BCUT2D eigenvalue weighted by Gasteiger charge is 2.16. The predicted molar refractivity (Wildman–Crippen MR) is 39.4 cm³/mol. The molecular formula is C5H6BN3O2. The van der Waals surface area contributed by atoms with E-state index in [1.165, 1.54) is 6.20 Å². The summed E-state index contributed by atoms with van der Waals surface area (Å²) < 4.78 is 1.61. The Kier molecular flexibility index (Phi) is 1.24. The van der Waals surface area contributed by atoms with E-state index >= 15 is 0 Å². The van der Waals surface area contributed by atoms with Gasteiger partial charge in [0.15, 0.2) is 5.65 Å². The molecule has 0 amide bonds. The van der Waals surface area contributed by atoms with Gasteiger partial charge in [0.05, 0.1) is 0 Å². The maximum Gasteiger partial charge on any atom is 0.493 e. The highest BCUT2D eigenvalue weighted by atomic mass is 16.4. The Balaban J connectivity index is 2.68. The molecule has 2 rings (SSSR count). The average molecular weight is 151 g/mol. The van der Waals surface area contributed by atoms with Crippen LogP contribution in [0.2, 0.25) is 0 Å². The molecule has 0 saturated heterocycles. The molecule has 0 aliphatic rings. The van der Waals surface area contributed by atoms with Gasteiger partial charge in [0.2, 0.25) is 0 Å². The summed E-state index contributed by atoms with van der Waals surface area (Å²) in [5.74, 6) is 0. The second kappa shape index (κ2) is 2.11. The molecule has 0 spiro atoms. The van der Waals surface area contributed by atoms with Gasteiger partial charge in [-0.25, -0.2) is 9.50 Å². The minimum absolute atomic E-state index is 0.384.